The fourth-order valence-electron chi connectivity index (χ4n) is 2.60. The molecule has 0 radical (unpaired) electrons. The molecule has 0 spiro atoms. The molecule has 0 heterocycles. The third-order valence-corrected chi connectivity index (χ3v) is 3.99. The summed E-state index contributed by atoms with van der Waals surface area (Å²) in [5, 5.41) is 18.9. The summed E-state index contributed by atoms with van der Waals surface area (Å²) in [6, 6.07) is 0. The van der Waals surface area contributed by atoms with Gasteiger partial charge in [-0.05, 0) is 30.6 Å². The number of hydrogen-bond donors (Lipinski definition) is 2. The van der Waals surface area contributed by atoms with Crippen LogP contribution in [0.3, 0.4) is 0 Å². The average Bonchev–Trinajstić information content (AvgIpc) is 2.10. The summed E-state index contributed by atoms with van der Waals surface area (Å²) in [5.74, 6) is 0.647. The zero-order valence-electron chi connectivity index (χ0n) is 9.62. The van der Waals surface area contributed by atoms with Crippen LogP contribution in [-0.2, 0) is 0 Å². The molecule has 3 atom stereocenters. The van der Waals surface area contributed by atoms with Gasteiger partial charge >= 0.3 is 0 Å². The maximum Gasteiger partial charge on any atom is 0.0754 e. The van der Waals surface area contributed by atoms with Gasteiger partial charge in [0, 0.05) is 6.61 Å². The van der Waals surface area contributed by atoms with Gasteiger partial charge in [0.2, 0.25) is 0 Å². The highest BCUT2D eigenvalue weighted by atomic mass is 16.3. The van der Waals surface area contributed by atoms with Gasteiger partial charge in [-0.2, -0.15) is 0 Å². The molecule has 1 aliphatic carbocycles. The van der Waals surface area contributed by atoms with E-state index in [0.717, 1.165) is 6.42 Å². The van der Waals surface area contributed by atoms with Gasteiger partial charge < -0.3 is 10.2 Å². The maximum absolute atomic E-state index is 9.83. The molecule has 0 aromatic heterocycles. The summed E-state index contributed by atoms with van der Waals surface area (Å²) in [6.45, 7) is 8.71. The van der Waals surface area contributed by atoms with E-state index in [2.05, 4.69) is 27.7 Å². The quantitative estimate of drug-likeness (QED) is 0.666. The second kappa shape index (κ2) is 4.03. The Kier molecular flexibility index (Phi) is 3.38. The first-order valence-corrected chi connectivity index (χ1v) is 5.38. The highest BCUT2D eigenvalue weighted by Crippen LogP contribution is 2.46. The lowest BCUT2D eigenvalue weighted by molar-refractivity contribution is 0.0235. The Morgan fingerprint density at radius 1 is 1.43 bits per heavy atom. The molecule has 0 saturated heterocycles. The first-order valence-electron chi connectivity index (χ1n) is 5.38. The van der Waals surface area contributed by atoms with E-state index < -0.39 is 0 Å². The first kappa shape index (κ1) is 11.7. The molecule has 0 amide bonds. The lowest BCUT2D eigenvalue weighted by Crippen LogP contribution is -2.42. The van der Waals surface area contributed by atoms with Crippen molar-refractivity contribution in [3.8, 4) is 0 Å². The summed E-state index contributed by atoms with van der Waals surface area (Å²) >= 11 is 0. The average molecular weight is 198 g/mol. The van der Waals surface area contributed by atoms with Crippen LogP contribution in [0.1, 0.15) is 34.1 Å². The van der Waals surface area contributed by atoms with Crippen molar-refractivity contribution in [2.24, 2.45) is 17.3 Å². The van der Waals surface area contributed by atoms with Crippen molar-refractivity contribution in [2.45, 2.75) is 40.2 Å². The Morgan fingerprint density at radius 3 is 2.50 bits per heavy atom. The molecule has 0 saturated carbocycles. The van der Waals surface area contributed by atoms with E-state index in [1.54, 1.807) is 0 Å². The van der Waals surface area contributed by atoms with Crippen LogP contribution < -0.4 is 0 Å². The Hall–Kier alpha value is -0.340. The molecule has 82 valence electrons. The van der Waals surface area contributed by atoms with Crippen LogP contribution in [0.25, 0.3) is 0 Å². The molecule has 1 aliphatic rings. The normalized spacial score (nSPS) is 36.7. The van der Waals surface area contributed by atoms with Crippen LogP contribution >= 0.6 is 0 Å². The van der Waals surface area contributed by atoms with Crippen molar-refractivity contribution in [1.82, 2.24) is 0 Å². The third-order valence-electron chi connectivity index (χ3n) is 3.99. The minimum Gasteiger partial charge on any atom is -0.396 e. The topological polar surface area (TPSA) is 40.5 Å². The Bertz CT molecular complexity index is 230. The standard InChI is InChI=1S/C12H22O2/c1-8-7-11(14)9(2)12(3,4)10(8)5-6-13/h7,9-11,13-14H,5-6H2,1-4H3. The Morgan fingerprint density at radius 2 is 2.00 bits per heavy atom. The van der Waals surface area contributed by atoms with E-state index in [1.807, 2.05) is 6.08 Å². The summed E-state index contributed by atoms with van der Waals surface area (Å²) in [4.78, 5) is 0. The van der Waals surface area contributed by atoms with Crippen LogP contribution in [0, 0.1) is 17.3 Å². The van der Waals surface area contributed by atoms with Gasteiger partial charge in [-0.15, -0.1) is 0 Å². The van der Waals surface area contributed by atoms with E-state index in [1.165, 1.54) is 5.57 Å². The van der Waals surface area contributed by atoms with E-state index in [0.29, 0.717) is 5.92 Å². The van der Waals surface area contributed by atoms with E-state index >= 15 is 0 Å². The predicted octanol–water partition coefficient (Wildman–Crippen LogP) is 1.97. The van der Waals surface area contributed by atoms with Gasteiger partial charge in [-0.3, -0.25) is 0 Å². The van der Waals surface area contributed by atoms with Crippen molar-refractivity contribution in [2.75, 3.05) is 6.61 Å². The summed E-state index contributed by atoms with van der Waals surface area (Å²) in [5.41, 5.74) is 1.29. The van der Waals surface area contributed by atoms with Crippen molar-refractivity contribution in [1.29, 1.82) is 0 Å². The second-order valence-electron chi connectivity index (χ2n) is 5.08. The lowest BCUT2D eigenvalue weighted by atomic mass is 9.61. The van der Waals surface area contributed by atoms with Gasteiger partial charge in [0.15, 0.2) is 0 Å². The molecule has 2 nitrogen and oxygen atoms in total. The van der Waals surface area contributed by atoms with E-state index in [-0.39, 0.29) is 24.0 Å². The lowest BCUT2D eigenvalue weighted by Gasteiger charge is -2.45. The van der Waals surface area contributed by atoms with Crippen molar-refractivity contribution < 1.29 is 10.2 Å². The molecule has 0 aromatic carbocycles. The molecular formula is C12H22O2. The van der Waals surface area contributed by atoms with Gasteiger partial charge in [-0.25, -0.2) is 0 Å². The largest absolute Gasteiger partial charge is 0.396 e. The molecule has 3 unspecified atom stereocenters. The monoisotopic (exact) mass is 198 g/mol. The third kappa shape index (κ3) is 1.86. The molecule has 0 aliphatic heterocycles. The number of hydrogen-bond acceptors (Lipinski definition) is 2. The first-order chi connectivity index (χ1) is 6.41. The number of allylic oxidation sites excluding steroid dienone is 1. The summed E-state index contributed by atoms with van der Waals surface area (Å²) < 4.78 is 0. The summed E-state index contributed by atoms with van der Waals surface area (Å²) in [7, 11) is 0. The highest BCUT2D eigenvalue weighted by Gasteiger charge is 2.41. The van der Waals surface area contributed by atoms with Crippen molar-refractivity contribution >= 4 is 0 Å². The minimum atomic E-state index is -0.333. The van der Waals surface area contributed by atoms with Gasteiger partial charge in [0.05, 0.1) is 6.10 Å². The van der Waals surface area contributed by atoms with Gasteiger partial charge in [-0.1, -0.05) is 32.4 Å². The molecule has 1 rings (SSSR count). The van der Waals surface area contributed by atoms with E-state index in [4.69, 9.17) is 5.11 Å². The molecule has 2 N–H and O–H groups in total. The SMILES string of the molecule is CC1=CC(O)C(C)C(C)(C)C1CCO. The van der Waals surface area contributed by atoms with Gasteiger partial charge in [0.1, 0.15) is 0 Å². The molecular weight excluding hydrogens is 176 g/mol. The zero-order valence-corrected chi connectivity index (χ0v) is 9.62. The van der Waals surface area contributed by atoms with Crippen LogP contribution in [-0.4, -0.2) is 22.9 Å². The highest BCUT2D eigenvalue weighted by molar-refractivity contribution is 5.17. The molecule has 14 heavy (non-hydrogen) atoms. The number of aliphatic hydroxyl groups is 2. The van der Waals surface area contributed by atoms with E-state index in [9.17, 15) is 5.11 Å². The smallest absolute Gasteiger partial charge is 0.0754 e. The fourth-order valence-corrected chi connectivity index (χ4v) is 2.60. The fraction of sp³-hybridized carbons (Fsp3) is 0.833. The molecule has 0 aromatic rings. The van der Waals surface area contributed by atoms with Crippen LogP contribution in [0.5, 0.6) is 0 Å². The molecule has 0 fully saturated rings. The Labute approximate surface area is 86.6 Å². The minimum absolute atomic E-state index is 0.0704. The second-order valence-corrected chi connectivity index (χ2v) is 5.08. The Balaban J connectivity index is 2.96. The van der Waals surface area contributed by atoms with Crippen LogP contribution in [0.15, 0.2) is 11.6 Å². The van der Waals surface area contributed by atoms with Crippen LogP contribution in [0.2, 0.25) is 0 Å². The van der Waals surface area contributed by atoms with Crippen molar-refractivity contribution in [3.63, 3.8) is 0 Å². The summed E-state index contributed by atoms with van der Waals surface area (Å²) in [6.07, 6.45) is 2.41. The van der Waals surface area contributed by atoms with Crippen LogP contribution in [0.4, 0.5) is 0 Å². The van der Waals surface area contributed by atoms with Crippen molar-refractivity contribution in [3.05, 3.63) is 11.6 Å². The molecule has 0 bridgehead atoms. The zero-order chi connectivity index (χ0) is 10.9. The molecule has 2 heteroatoms. The number of rotatable bonds is 2. The number of aliphatic hydroxyl groups excluding tert-OH is 2. The maximum atomic E-state index is 9.83. The van der Waals surface area contributed by atoms with Gasteiger partial charge in [0.25, 0.3) is 0 Å². The predicted molar refractivity (Wildman–Crippen MR) is 57.9 cm³/mol.